The number of hydrogen-bond donors (Lipinski definition) is 2. The van der Waals surface area contributed by atoms with Gasteiger partial charge in [0.05, 0.1) is 25.0 Å². The first kappa shape index (κ1) is 15.3. The molecule has 1 heterocycles. The lowest BCUT2D eigenvalue weighted by atomic mass is 10.0. The number of halogens is 1. The van der Waals surface area contributed by atoms with Crippen LogP contribution in [0.5, 0.6) is 0 Å². The predicted octanol–water partition coefficient (Wildman–Crippen LogP) is 1.98. The first-order valence-corrected chi connectivity index (χ1v) is 7.21. The number of aliphatic hydroxyl groups excluding tert-OH is 1. The van der Waals surface area contributed by atoms with E-state index in [0.29, 0.717) is 11.6 Å². The maximum Gasteiger partial charge on any atom is 0.287 e. The van der Waals surface area contributed by atoms with E-state index in [-0.39, 0.29) is 34.6 Å². The van der Waals surface area contributed by atoms with Crippen molar-refractivity contribution in [1.82, 2.24) is 9.78 Å². The summed E-state index contributed by atoms with van der Waals surface area (Å²) in [6, 6.07) is 0. The van der Waals surface area contributed by atoms with Crippen LogP contribution in [0.3, 0.4) is 0 Å². The summed E-state index contributed by atoms with van der Waals surface area (Å²) in [4.78, 5) is 11.9. The zero-order chi connectivity index (χ0) is 15.1. The maximum atomic E-state index is 11.9. The summed E-state index contributed by atoms with van der Waals surface area (Å²) in [7, 11) is 0. The Morgan fingerprint density at radius 1 is 1.40 bits per heavy atom. The molecule has 5 nitrogen and oxygen atoms in total. The number of nitrogens with zero attached hydrogens (tertiary/aromatic N) is 2. The van der Waals surface area contributed by atoms with E-state index in [1.165, 1.54) is 4.68 Å². The topological polar surface area (TPSA) is 67.2 Å². The van der Waals surface area contributed by atoms with Gasteiger partial charge in [0, 0.05) is 6.54 Å². The SMILES string of the molecule is CC1(C)C(CNc2cnn(CCO)c(=O)c2Cl)C1(C)C. The Hall–Kier alpha value is -1.07. The lowest BCUT2D eigenvalue weighted by molar-refractivity contribution is 0.266. The molecule has 0 bridgehead atoms. The van der Waals surface area contributed by atoms with E-state index >= 15 is 0 Å². The summed E-state index contributed by atoms with van der Waals surface area (Å²) in [6.07, 6.45) is 1.54. The van der Waals surface area contributed by atoms with Crippen LogP contribution < -0.4 is 10.9 Å². The van der Waals surface area contributed by atoms with Gasteiger partial charge in [-0.05, 0) is 16.7 Å². The Morgan fingerprint density at radius 3 is 2.50 bits per heavy atom. The number of aromatic nitrogens is 2. The van der Waals surface area contributed by atoms with Crippen LogP contribution in [0.25, 0.3) is 0 Å². The van der Waals surface area contributed by atoms with Crippen LogP contribution in [0, 0.1) is 16.7 Å². The molecular weight excluding hydrogens is 278 g/mol. The zero-order valence-corrected chi connectivity index (χ0v) is 13.2. The smallest absolute Gasteiger partial charge is 0.287 e. The minimum atomic E-state index is -0.375. The van der Waals surface area contributed by atoms with E-state index in [1.807, 2.05) is 0 Å². The Kier molecular flexibility index (Phi) is 3.86. The number of nitrogens with one attached hydrogen (secondary N) is 1. The zero-order valence-electron chi connectivity index (χ0n) is 12.4. The lowest BCUT2D eigenvalue weighted by Crippen LogP contribution is -2.26. The predicted molar refractivity (Wildman–Crippen MR) is 80.1 cm³/mol. The number of aliphatic hydroxyl groups is 1. The van der Waals surface area contributed by atoms with E-state index in [2.05, 4.69) is 38.1 Å². The highest BCUT2D eigenvalue weighted by Gasteiger charge is 2.64. The summed E-state index contributed by atoms with van der Waals surface area (Å²) in [5, 5.41) is 16.2. The van der Waals surface area contributed by atoms with E-state index in [4.69, 9.17) is 16.7 Å². The highest BCUT2D eigenvalue weighted by Crippen LogP contribution is 2.68. The van der Waals surface area contributed by atoms with Crippen molar-refractivity contribution >= 4 is 17.3 Å². The van der Waals surface area contributed by atoms with Crippen LogP contribution in [-0.2, 0) is 6.54 Å². The van der Waals surface area contributed by atoms with Gasteiger partial charge in [-0.25, -0.2) is 4.68 Å². The molecule has 0 amide bonds. The third-order valence-electron chi connectivity index (χ3n) is 5.11. The monoisotopic (exact) mass is 299 g/mol. The summed E-state index contributed by atoms with van der Waals surface area (Å²) in [6.45, 7) is 9.78. The lowest BCUT2D eigenvalue weighted by Gasteiger charge is -2.10. The van der Waals surface area contributed by atoms with Crippen molar-refractivity contribution in [3.05, 3.63) is 21.6 Å². The molecule has 1 aliphatic carbocycles. The van der Waals surface area contributed by atoms with Gasteiger partial charge >= 0.3 is 0 Å². The van der Waals surface area contributed by atoms with Gasteiger partial charge in [0.15, 0.2) is 0 Å². The fourth-order valence-electron chi connectivity index (χ4n) is 2.90. The van der Waals surface area contributed by atoms with Gasteiger partial charge in [-0.1, -0.05) is 39.3 Å². The highest BCUT2D eigenvalue weighted by molar-refractivity contribution is 6.32. The second-order valence-electron chi connectivity index (χ2n) is 6.50. The average Bonchev–Trinajstić information content (AvgIpc) is 2.76. The van der Waals surface area contributed by atoms with Crippen LogP contribution in [0.4, 0.5) is 5.69 Å². The standard InChI is InChI=1S/C14H22ClN3O2/c1-13(2)10(14(13,3)4)8-16-9-7-17-18(5-6-19)12(20)11(9)15/h7,10,16,19H,5-6,8H2,1-4H3. The number of rotatable bonds is 5. The average molecular weight is 300 g/mol. The van der Waals surface area contributed by atoms with Crippen LogP contribution in [0.15, 0.2) is 11.0 Å². The molecule has 0 aromatic carbocycles. The highest BCUT2D eigenvalue weighted by atomic mass is 35.5. The molecule has 0 atom stereocenters. The Balaban J connectivity index is 2.09. The molecule has 1 saturated carbocycles. The second-order valence-corrected chi connectivity index (χ2v) is 6.88. The van der Waals surface area contributed by atoms with Crippen molar-refractivity contribution < 1.29 is 5.11 Å². The van der Waals surface area contributed by atoms with Crippen molar-refractivity contribution in [3.8, 4) is 0 Å². The maximum absolute atomic E-state index is 11.9. The molecule has 0 radical (unpaired) electrons. The molecule has 2 N–H and O–H groups in total. The molecule has 0 saturated heterocycles. The number of hydrogen-bond acceptors (Lipinski definition) is 4. The molecule has 6 heteroatoms. The molecule has 112 valence electrons. The van der Waals surface area contributed by atoms with Crippen LogP contribution in [-0.4, -0.2) is 28.0 Å². The molecule has 1 aromatic rings. The minimum Gasteiger partial charge on any atom is -0.394 e. The van der Waals surface area contributed by atoms with Crippen molar-refractivity contribution in [3.63, 3.8) is 0 Å². The van der Waals surface area contributed by atoms with Crippen molar-refractivity contribution in [2.24, 2.45) is 16.7 Å². The summed E-state index contributed by atoms with van der Waals surface area (Å²) >= 11 is 6.06. The third-order valence-corrected chi connectivity index (χ3v) is 5.48. The van der Waals surface area contributed by atoms with Gasteiger partial charge in [-0.3, -0.25) is 4.79 Å². The van der Waals surface area contributed by atoms with Crippen LogP contribution in [0.1, 0.15) is 27.7 Å². The van der Waals surface area contributed by atoms with Gasteiger partial charge in [0.25, 0.3) is 5.56 Å². The van der Waals surface area contributed by atoms with Crippen molar-refractivity contribution in [1.29, 1.82) is 0 Å². The molecule has 1 aromatic heterocycles. The fourth-order valence-corrected chi connectivity index (χ4v) is 3.11. The summed E-state index contributed by atoms with van der Waals surface area (Å²) < 4.78 is 1.17. The molecule has 2 rings (SSSR count). The molecule has 1 aliphatic rings. The van der Waals surface area contributed by atoms with E-state index in [9.17, 15) is 4.79 Å². The van der Waals surface area contributed by atoms with E-state index in [1.54, 1.807) is 6.20 Å². The van der Waals surface area contributed by atoms with Crippen LogP contribution in [0.2, 0.25) is 5.02 Å². The Labute approximate surface area is 124 Å². The Bertz CT molecular complexity index is 552. The molecule has 20 heavy (non-hydrogen) atoms. The molecular formula is C14H22ClN3O2. The van der Waals surface area contributed by atoms with E-state index in [0.717, 1.165) is 6.54 Å². The quantitative estimate of drug-likeness (QED) is 0.872. The van der Waals surface area contributed by atoms with Gasteiger partial charge in [-0.15, -0.1) is 0 Å². The number of anilines is 1. The van der Waals surface area contributed by atoms with Gasteiger partial charge < -0.3 is 10.4 Å². The van der Waals surface area contributed by atoms with Gasteiger partial charge in [-0.2, -0.15) is 5.10 Å². The largest absolute Gasteiger partial charge is 0.394 e. The second kappa shape index (κ2) is 5.04. The normalized spacial score (nSPS) is 19.9. The first-order valence-electron chi connectivity index (χ1n) is 6.84. The van der Waals surface area contributed by atoms with Gasteiger partial charge in [0.1, 0.15) is 5.02 Å². The summed E-state index contributed by atoms with van der Waals surface area (Å²) in [5.74, 6) is 0.533. The Morgan fingerprint density at radius 2 is 2.00 bits per heavy atom. The third kappa shape index (κ3) is 2.33. The van der Waals surface area contributed by atoms with E-state index < -0.39 is 0 Å². The first-order chi connectivity index (χ1) is 9.23. The fraction of sp³-hybridized carbons (Fsp3) is 0.714. The van der Waals surface area contributed by atoms with Gasteiger partial charge in [0.2, 0.25) is 0 Å². The molecule has 0 spiro atoms. The van der Waals surface area contributed by atoms with Crippen molar-refractivity contribution in [2.45, 2.75) is 34.2 Å². The molecule has 0 aliphatic heterocycles. The molecule has 1 fully saturated rings. The van der Waals surface area contributed by atoms with Crippen LogP contribution >= 0.6 is 11.6 Å². The molecule has 0 unspecified atom stereocenters. The minimum absolute atomic E-state index is 0.129. The summed E-state index contributed by atoms with van der Waals surface area (Å²) in [5.41, 5.74) is 0.752. The van der Waals surface area contributed by atoms with Crippen molar-refractivity contribution in [2.75, 3.05) is 18.5 Å².